The van der Waals surface area contributed by atoms with Crippen LogP contribution in [0.25, 0.3) is 6.08 Å². The molecule has 0 saturated heterocycles. The lowest BCUT2D eigenvalue weighted by Crippen LogP contribution is -2.24. The van der Waals surface area contributed by atoms with E-state index in [9.17, 15) is 0 Å². The summed E-state index contributed by atoms with van der Waals surface area (Å²) in [6.45, 7) is 9.76. The van der Waals surface area contributed by atoms with E-state index >= 15 is 0 Å². The first-order valence-corrected chi connectivity index (χ1v) is 6.48. The third-order valence-corrected chi connectivity index (χ3v) is 3.39. The Kier molecular flexibility index (Phi) is 5.06. The summed E-state index contributed by atoms with van der Waals surface area (Å²) in [6, 6.07) is 2.74. The highest BCUT2D eigenvalue weighted by Gasteiger charge is 2.00. The molecule has 0 aliphatic heterocycles. The van der Waals surface area contributed by atoms with Crippen molar-refractivity contribution in [2.24, 2.45) is 0 Å². The first-order chi connectivity index (χ1) is 7.13. The standard InChI is InChI=1S/C13H21NS/c1-5-12(9-14-10(2)3)8-13-11(4)6-7-15-13/h6-8,10,14H,5,9H2,1-4H3. The molecule has 0 spiro atoms. The van der Waals surface area contributed by atoms with Gasteiger partial charge in [0.1, 0.15) is 0 Å². The molecule has 1 heterocycles. The van der Waals surface area contributed by atoms with Crippen LogP contribution in [-0.2, 0) is 0 Å². The van der Waals surface area contributed by atoms with Gasteiger partial charge in [-0.15, -0.1) is 11.3 Å². The number of aryl methyl sites for hydroxylation is 1. The Morgan fingerprint density at radius 1 is 1.53 bits per heavy atom. The maximum atomic E-state index is 3.46. The van der Waals surface area contributed by atoms with Crippen molar-refractivity contribution in [3.8, 4) is 0 Å². The maximum Gasteiger partial charge on any atom is 0.0299 e. The molecular weight excluding hydrogens is 202 g/mol. The number of rotatable bonds is 5. The van der Waals surface area contributed by atoms with Crippen molar-refractivity contribution < 1.29 is 0 Å². The molecule has 1 rings (SSSR count). The lowest BCUT2D eigenvalue weighted by molar-refractivity contribution is 0.617. The van der Waals surface area contributed by atoms with Crippen LogP contribution >= 0.6 is 11.3 Å². The van der Waals surface area contributed by atoms with Gasteiger partial charge in [-0.1, -0.05) is 26.3 Å². The molecule has 84 valence electrons. The van der Waals surface area contributed by atoms with E-state index in [0.717, 1.165) is 13.0 Å². The van der Waals surface area contributed by atoms with Crippen LogP contribution in [0.4, 0.5) is 0 Å². The third kappa shape index (κ3) is 4.18. The zero-order valence-electron chi connectivity index (χ0n) is 10.1. The summed E-state index contributed by atoms with van der Waals surface area (Å²) in [4.78, 5) is 1.40. The molecule has 15 heavy (non-hydrogen) atoms. The number of nitrogens with one attached hydrogen (secondary N) is 1. The van der Waals surface area contributed by atoms with Gasteiger partial charge in [-0.05, 0) is 36.4 Å². The highest BCUT2D eigenvalue weighted by Crippen LogP contribution is 2.19. The van der Waals surface area contributed by atoms with E-state index in [1.54, 1.807) is 0 Å². The molecule has 0 unspecified atom stereocenters. The summed E-state index contributed by atoms with van der Waals surface area (Å²) < 4.78 is 0. The van der Waals surface area contributed by atoms with E-state index in [2.05, 4.69) is 50.5 Å². The van der Waals surface area contributed by atoms with Crippen molar-refractivity contribution in [2.75, 3.05) is 6.54 Å². The van der Waals surface area contributed by atoms with Crippen LogP contribution in [0.5, 0.6) is 0 Å². The highest BCUT2D eigenvalue weighted by atomic mass is 32.1. The van der Waals surface area contributed by atoms with Gasteiger partial charge in [0, 0.05) is 17.5 Å². The van der Waals surface area contributed by atoms with Gasteiger partial charge in [-0.2, -0.15) is 0 Å². The van der Waals surface area contributed by atoms with Gasteiger partial charge in [0.2, 0.25) is 0 Å². The first-order valence-electron chi connectivity index (χ1n) is 5.60. The van der Waals surface area contributed by atoms with Crippen molar-refractivity contribution in [3.05, 3.63) is 27.5 Å². The normalized spacial score (nSPS) is 12.5. The second-order valence-corrected chi connectivity index (χ2v) is 5.11. The van der Waals surface area contributed by atoms with E-state index in [1.165, 1.54) is 16.0 Å². The molecule has 1 aromatic heterocycles. The van der Waals surface area contributed by atoms with Crippen molar-refractivity contribution in [2.45, 2.75) is 40.2 Å². The lowest BCUT2D eigenvalue weighted by atomic mass is 10.1. The van der Waals surface area contributed by atoms with Gasteiger partial charge in [0.25, 0.3) is 0 Å². The second-order valence-electron chi connectivity index (χ2n) is 4.16. The van der Waals surface area contributed by atoms with E-state index in [4.69, 9.17) is 0 Å². The molecule has 0 fully saturated rings. The average Bonchev–Trinajstić information content (AvgIpc) is 2.58. The molecule has 1 aromatic rings. The molecule has 0 aliphatic carbocycles. The minimum atomic E-state index is 0.560. The monoisotopic (exact) mass is 223 g/mol. The Bertz CT molecular complexity index is 323. The summed E-state index contributed by atoms with van der Waals surface area (Å²) >= 11 is 1.82. The SMILES string of the molecule is CCC(=Cc1sccc1C)CNC(C)C. The Morgan fingerprint density at radius 2 is 2.27 bits per heavy atom. The minimum Gasteiger partial charge on any atom is -0.311 e. The summed E-state index contributed by atoms with van der Waals surface area (Å²) in [7, 11) is 0. The largest absolute Gasteiger partial charge is 0.311 e. The average molecular weight is 223 g/mol. The second kappa shape index (κ2) is 6.09. The van der Waals surface area contributed by atoms with Crippen molar-refractivity contribution in [3.63, 3.8) is 0 Å². The zero-order chi connectivity index (χ0) is 11.3. The van der Waals surface area contributed by atoms with E-state index in [0.29, 0.717) is 6.04 Å². The molecule has 1 N–H and O–H groups in total. The van der Waals surface area contributed by atoms with Gasteiger partial charge in [-0.3, -0.25) is 0 Å². The molecule has 0 radical (unpaired) electrons. The Hall–Kier alpha value is -0.600. The number of hydrogen-bond acceptors (Lipinski definition) is 2. The molecule has 0 amide bonds. The van der Waals surface area contributed by atoms with Crippen molar-refractivity contribution >= 4 is 17.4 Å². The predicted molar refractivity (Wildman–Crippen MR) is 70.5 cm³/mol. The van der Waals surface area contributed by atoms with Crippen LogP contribution in [0.15, 0.2) is 17.0 Å². The molecule has 2 heteroatoms. The van der Waals surface area contributed by atoms with Gasteiger partial charge >= 0.3 is 0 Å². The minimum absolute atomic E-state index is 0.560. The van der Waals surface area contributed by atoms with Crippen LogP contribution in [-0.4, -0.2) is 12.6 Å². The van der Waals surface area contributed by atoms with Crippen LogP contribution in [0.2, 0.25) is 0 Å². The molecular formula is C13H21NS. The summed E-state index contributed by atoms with van der Waals surface area (Å²) in [5, 5.41) is 5.62. The van der Waals surface area contributed by atoms with Crippen LogP contribution in [0.3, 0.4) is 0 Å². The van der Waals surface area contributed by atoms with Gasteiger partial charge in [0.15, 0.2) is 0 Å². The topological polar surface area (TPSA) is 12.0 Å². The van der Waals surface area contributed by atoms with Gasteiger partial charge < -0.3 is 5.32 Å². The maximum absolute atomic E-state index is 3.46. The summed E-state index contributed by atoms with van der Waals surface area (Å²) in [6.07, 6.45) is 3.45. The van der Waals surface area contributed by atoms with Crippen LogP contribution in [0.1, 0.15) is 37.6 Å². The van der Waals surface area contributed by atoms with Gasteiger partial charge in [-0.25, -0.2) is 0 Å². The fraction of sp³-hybridized carbons (Fsp3) is 0.538. The lowest BCUT2D eigenvalue weighted by Gasteiger charge is -2.10. The van der Waals surface area contributed by atoms with E-state index in [1.807, 2.05) is 11.3 Å². The quantitative estimate of drug-likeness (QED) is 0.799. The molecule has 0 aromatic carbocycles. The molecule has 0 saturated carbocycles. The molecule has 0 bridgehead atoms. The Labute approximate surface area is 97.2 Å². The van der Waals surface area contributed by atoms with E-state index in [-0.39, 0.29) is 0 Å². The van der Waals surface area contributed by atoms with E-state index < -0.39 is 0 Å². The predicted octanol–water partition coefficient (Wildman–Crippen LogP) is 3.85. The first kappa shape index (κ1) is 12.5. The van der Waals surface area contributed by atoms with Gasteiger partial charge in [0.05, 0.1) is 0 Å². The van der Waals surface area contributed by atoms with Crippen molar-refractivity contribution in [1.29, 1.82) is 0 Å². The Morgan fingerprint density at radius 3 is 2.73 bits per heavy atom. The smallest absolute Gasteiger partial charge is 0.0299 e. The molecule has 0 aliphatic rings. The molecule has 0 atom stereocenters. The zero-order valence-corrected chi connectivity index (χ0v) is 10.9. The summed E-state index contributed by atoms with van der Waals surface area (Å²) in [5.74, 6) is 0. The Balaban J connectivity index is 2.65. The summed E-state index contributed by atoms with van der Waals surface area (Å²) in [5.41, 5.74) is 2.87. The van der Waals surface area contributed by atoms with Crippen LogP contribution < -0.4 is 5.32 Å². The van der Waals surface area contributed by atoms with Crippen LogP contribution in [0, 0.1) is 6.92 Å². The number of hydrogen-bond donors (Lipinski definition) is 1. The number of thiophene rings is 1. The fourth-order valence-electron chi connectivity index (χ4n) is 1.33. The third-order valence-electron chi connectivity index (χ3n) is 2.43. The van der Waals surface area contributed by atoms with Crippen molar-refractivity contribution in [1.82, 2.24) is 5.32 Å². The highest BCUT2D eigenvalue weighted by molar-refractivity contribution is 7.11. The molecule has 1 nitrogen and oxygen atoms in total. The fourth-order valence-corrected chi connectivity index (χ4v) is 2.24.